The van der Waals surface area contributed by atoms with Crippen molar-refractivity contribution in [3.63, 3.8) is 0 Å². The molecule has 0 aliphatic carbocycles. The molecular weight excluding hydrogens is 250 g/mol. The van der Waals surface area contributed by atoms with Crippen molar-refractivity contribution in [3.8, 4) is 0 Å². The van der Waals surface area contributed by atoms with E-state index in [0.717, 1.165) is 16.6 Å². The summed E-state index contributed by atoms with van der Waals surface area (Å²) in [4.78, 5) is 0. The molecule has 0 atom stereocenters. The van der Waals surface area contributed by atoms with Gasteiger partial charge in [-0.2, -0.15) is 5.10 Å². The molecule has 5 nitrogen and oxygen atoms in total. The van der Waals surface area contributed by atoms with Crippen LogP contribution in [0.5, 0.6) is 0 Å². The van der Waals surface area contributed by atoms with Crippen LogP contribution < -0.4 is 5.32 Å². The Bertz CT molecular complexity index is 649. The molecule has 1 aliphatic rings. The molecule has 3 rings (SSSR count). The molecular formula is C12H15N3O2S. The van der Waals surface area contributed by atoms with Gasteiger partial charge in [-0.05, 0) is 18.9 Å². The molecule has 0 spiro atoms. The van der Waals surface area contributed by atoms with Gasteiger partial charge in [0.05, 0.1) is 28.9 Å². The monoisotopic (exact) mass is 265 g/mol. The molecule has 18 heavy (non-hydrogen) atoms. The third-order valence-electron chi connectivity index (χ3n) is 3.39. The van der Waals surface area contributed by atoms with Crippen molar-refractivity contribution in [2.45, 2.75) is 18.9 Å². The van der Waals surface area contributed by atoms with Crippen LogP contribution in [0.4, 0.5) is 5.69 Å². The summed E-state index contributed by atoms with van der Waals surface area (Å²) in [7, 11) is -2.80. The molecule has 0 unspecified atom stereocenters. The summed E-state index contributed by atoms with van der Waals surface area (Å²) in [5.41, 5.74) is 1.97. The Morgan fingerprint density at radius 1 is 1.28 bits per heavy atom. The van der Waals surface area contributed by atoms with E-state index in [4.69, 9.17) is 0 Å². The second kappa shape index (κ2) is 4.28. The molecule has 2 aromatic rings. The van der Waals surface area contributed by atoms with Crippen molar-refractivity contribution in [2.24, 2.45) is 0 Å². The Morgan fingerprint density at radius 3 is 2.83 bits per heavy atom. The van der Waals surface area contributed by atoms with Crippen LogP contribution in [-0.2, 0) is 9.84 Å². The van der Waals surface area contributed by atoms with E-state index in [9.17, 15) is 8.42 Å². The van der Waals surface area contributed by atoms with Crippen LogP contribution in [0, 0.1) is 0 Å². The number of sulfone groups is 1. The van der Waals surface area contributed by atoms with E-state index in [1.807, 2.05) is 18.2 Å². The molecule has 1 aromatic carbocycles. The predicted octanol–water partition coefficient (Wildman–Crippen LogP) is 1.55. The molecule has 0 saturated carbocycles. The number of benzene rings is 1. The van der Waals surface area contributed by atoms with Gasteiger partial charge in [0, 0.05) is 11.4 Å². The normalized spacial score (nSPS) is 20.0. The molecule has 2 N–H and O–H groups in total. The van der Waals surface area contributed by atoms with Gasteiger partial charge in [-0.15, -0.1) is 0 Å². The average molecular weight is 265 g/mol. The van der Waals surface area contributed by atoms with E-state index < -0.39 is 9.84 Å². The van der Waals surface area contributed by atoms with Crippen LogP contribution in [0.1, 0.15) is 12.8 Å². The number of aromatic nitrogens is 2. The van der Waals surface area contributed by atoms with Gasteiger partial charge in [0.1, 0.15) is 9.84 Å². The Labute approximate surface area is 106 Å². The van der Waals surface area contributed by atoms with Crippen molar-refractivity contribution in [1.82, 2.24) is 10.2 Å². The molecule has 0 bridgehead atoms. The predicted molar refractivity (Wildman–Crippen MR) is 71.4 cm³/mol. The zero-order chi connectivity index (χ0) is 12.6. The minimum atomic E-state index is -2.80. The lowest BCUT2D eigenvalue weighted by atomic mass is 10.1. The van der Waals surface area contributed by atoms with E-state index in [2.05, 4.69) is 15.5 Å². The molecule has 1 saturated heterocycles. The fourth-order valence-corrected chi connectivity index (χ4v) is 3.83. The first kappa shape index (κ1) is 11.5. The van der Waals surface area contributed by atoms with Gasteiger partial charge >= 0.3 is 0 Å². The first-order chi connectivity index (χ1) is 8.64. The number of fused-ring (bicyclic) bond motifs is 1. The number of hydrogen-bond donors (Lipinski definition) is 2. The largest absolute Gasteiger partial charge is 0.381 e. The number of para-hydroxylation sites is 1. The number of anilines is 1. The molecule has 96 valence electrons. The zero-order valence-electron chi connectivity index (χ0n) is 9.89. The number of aromatic amines is 1. The lowest BCUT2D eigenvalue weighted by molar-refractivity contribution is 0.560. The molecule has 2 heterocycles. The highest BCUT2D eigenvalue weighted by molar-refractivity contribution is 7.91. The highest BCUT2D eigenvalue weighted by atomic mass is 32.2. The van der Waals surface area contributed by atoms with Crippen LogP contribution in [0.3, 0.4) is 0 Å². The number of hydrogen-bond acceptors (Lipinski definition) is 4. The summed E-state index contributed by atoms with van der Waals surface area (Å²) < 4.78 is 22.8. The summed E-state index contributed by atoms with van der Waals surface area (Å²) in [6.07, 6.45) is 3.13. The van der Waals surface area contributed by atoms with Crippen molar-refractivity contribution in [2.75, 3.05) is 16.8 Å². The van der Waals surface area contributed by atoms with Gasteiger partial charge in [-0.3, -0.25) is 5.10 Å². The molecule has 1 aromatic heterocycles. The maximum absolute atomic E-state index is 11.4. The fraction of sp³-hybridized carbons (Fsp3) is 0.417. The lowest BCUT2D eigenvalue weighted by Crippen LogP contribution is -2.32. The number of nitrogens with zero attached hydrogens (tertiary/aromatic N) is 1. The third-order valence-corrected chi connectivity index (χ3v) is 5.11. The number of H-pyrrole nitrogens is 1. The highest BCUT2D eigenvalue weighted by Gasteiger charge is 2.23. The minimum Gasteiger partial charge on any atom is -0.381 e. The smallest absolute Gasteiger partial charge is 0.150 e. The number of nitrogens with one attached hydrogen (secondary N) is 2. The van der Waals surface area contributed by atoms with Gasteiger partial charge < -0.3 is 5.32 Å². The second-order valence-electron chi connectivity index (χ2n) is 4.71. The topological polar surface area (TPSA) is 74.8 Å². The van der Waals surface area contributed by atoms with Crippen LogP contribution >= 0.6 is 0 Å². The molecule has 1 fully saturated rings. The van der Waals surface area contributed by atoms with Crippen LogP contribution in [0.25, 0.3) is 10.9 Å². The van der Waals surface area contributed by atoms with E-state index in [1.165, 1.54) is 0 Å². The highest BCUT2D eigenvalue weighted by Crippen LogP contribution is 2.24. The quantitative estimate of drug-likeness (QED) is 0.864. The van der Waals surface area contributed by atoms with Crippen LogP contribution in [0.2, 0.25) is 0 Å². The fourth-order valence-electron chi connectivity index (χ4n) is 2.34. The molecule has 6 heteroatoms. The first-order valence-corrected chi connectivity index (χ1v) is 7.85. The van der Waals surface area contributed by atoms with Crippen molar-refractivity contribution < 1.29 is 8.42 Å². The summed E-state index contributed by atoms with van der Waals surface area (Å²) >= 11 is 0. The lowest BCUT2D eigenvalue weighted by Gasteiger charge is -2.24. The summed E-state index contributed by atoms with van der Waals surface area (Å²) in [5.74, 6) is 0.563. The minimum absolute atomic E-state index is 0.224. The van der Waals surface area contributed by atoms with Gasteiger partial charge in [0.15, 0.2) is 0 Å². The van der Waals surface area contributed by atoms with Crippen molar-refractivity contribution >= 4 is 26.4 Å². The Hall–Kier alpha value is -1.56. The Kier molecular flexibility index (Phi) is 2.74. The maximum atomic E-state index is 11.4. The average Bonchev–Trinajstić information content (AvgIpc) is 2.81. The van der Waals surface area contributed by atoms with E-state index in [1.54, 1.807) is 6.20 Å². The molecule has 1 aliphatic heterocycles. The number of rotatable bonds is 2. The summed E-state index contributed by atoms with van der Waals surface area (Å²) in [6.45, 7) is 0. The molecule has 0 amide bonds. The summed E-state index contributed by atoms with van der Waals surface area (Å²) in [5, 5.41) is 11.5. The van der Waals surface area contributed by atoms with Crippen LogP contribution in [0.15, 0.2) is 24.4 Å². The Morgan fingerprint density at radius 2 is 2.06 bits per heavy atom. The van der Waals surface area contributed by atoms with E-state index in [-0.39, 0.29) is 17.5 Å². The summed E-state index contributed by atoms with van der Waals surface area (Å²) in [6, 6.07) is 6.18. The van der Waals surface area contributed by atoms with E-state index >= 15 is 0 Å². The Balaban J connectivity index is 1.79. The van der Waals surface area contributed by atoms with E-state index in [0.29, 0.717) is 12.8 Å². The van der Waals surface area contributed by atoms with Gasteiger partial charge in [-0.25, -0.2) is 8.42 Å². The SMILES string of the molecule is O=S1(=O)CCC(Nc2cccc3cn[nH]c23)CC1. The standard InChI is InChI=1S/C12H15N3O2S/c16-18(17)6-4-10(5-7-18)14-11-3-1-2-9-8-13-15-12(9)11/h1-3,8,10,14H,4-7H2,(H,13,15). The zero-order valence-corrected chi connectivity index (χ0v) is 10.7. The van der Waals surface area contributed by atoms with Crippen LogP contribution in [-0.4, -0.2) is 36.2 Å². The van der Waals surface area contributed by atoms with Crippen molar-refractivity contribution in [3.05, 3.63) is 24.4 Å². The second-order valence-corrected chi connectivity index (χ2v) is 7.01. The van der Waals surface area contributed by atoms with Gasteiger partial charge in [0.2, 0.25) is 0 Å². The third kappa shape index (κ3) is 2.20. The molecule has 0 radical (unpaired) electrons. The van der Waals surface area contributed by atoms with Gasteiger partial charge in [0.25, 0.3) is 0 Å². The maximum Gasteiger partial charge on any atom is 0.150 e. The first-order valence-electron chi connectivity index (χ1n) is 6.03. The van der Waals surface area contributed by atoms with Crippen molar-refractivity contribution in [1.29, 1.82) is 0 Å². The van der Waals surface area contributed by atoms with Gasteiger partial charge in [-0.1, -0.05) is 12.1 Å².